The second-order valence-electron chi connectivity index (χ2n) is 31.9. The first kappa shape index (κ1) is 77.1. The topological polar surface area (TPSA) is 13.0 Å². The van der Waals surface area contributed by atoms with Gasteiger partial charge in [0, 0.05) is 78.5 Å². The van der Waals surface area contributed by atoms with Crippen LogP contribution in [0.5, 0.6) is 0 Å². The van der Waals surface area contributed by atoms with Crippen LogP contribution in [-0.4, -0.2) is 0 Å². The fourth-order valence-corrected chi connectivity index (χ4v) is 18.0. The molecule has 0 amide bonds. The molecule has 14 aromatic carbocycles. The van der Waals surface area contributed by atoms with Gasteiger partial charge in [0.2, 0.25) is 0 Å². The fraction of sp³-hybridized carbons (Fsp3) is 0.200. The minimum Gasteiger partial charge on any atom is -0.310 e. The zero-order valence-corrected chi connectivity index (χ0v) is 67.7. The average Bonchev–Trinajstić information content (AvgIpc) is 1.56. The highest BCUT2D eigenvalue weighted by Crippen LogP contribution is 2.58. The molecule has 0 bridgehead atoms. The second-order valence-corrected chi connectivity index (χ2v) is 31.9. The molecule has 0 unspecified atom stereocenters. The predicted molar refractivity (Wildman–Crippen MR) is 496 cm³/mol. The lowest BCUT2D eigenvalue weighted by Gasteiger charge is -2.35. The van der Waals surface area contributed by atoms with Gasteiger partial charge >= 0.3 is 0 Å². The Morgan fingerprint density at radius 1 is 0.263 bits per heavy atom. The molecule has 0 saturated heterocycles. The Kier molecular flexibility index (Phi) is 23.5. The van der Waals surface area contributed by atoms with Gasteiger partial charge in [-0.05, 0) is 249 Å². The van der Waals surface area contributed by atoms with Gasteiger partial charge in [0.15, 0.2) is 0 Å². The van der Waals surface area contributed by atoms with Crippen molar-refractivity contribution in [2.24, 2.45) is 0 Å². The Bertz CT molecular complexity index is 5430. The van der Waals surface area contributed by atoms with E-state index in [1.807, 2.05) is 24.3 Å². The Morgan fingerprint density at radius 2 is 0.570 bits per heavy atom. The van der Waals surface area contributed by atoms with Crippen molar-refractivity contribution in [3.8, 4) is 22.3 Å². The molecule has 568 valence electrons. The highest BCUT2D eigenvalue weighted by molar-refractivity contribution is 6.02. The van der Waals surface area contributed by atoms with Gasteiger partial charge in [0.1, 0.15) is 0 Å². The first-order valence-corrected chi connectivity index (χ1v) is 41.6. The standard InChI is InChI=1S/C59H68N2.C51H40N2/c1-7-11-13-15-17-19-37-59(38-20-18-16-14-12-8-2)57-43-53(60(49-29-21-25-45(5)39-49)51-31-23-27-47(9-3)41-51)33-35-55(57)56-36-34-54(44-58(56)59)61(50-30-22-26-46(6)40-50)52-32-24-28-48(10-4)42-52;1-5-35-21-25-39(26-22-35)52(49-19-11-15-37-13-7-9-17-43(37)49)41-29-31-45-46-32-30-42(34-48(46)51(3,4)47(45)33-41)53(40-27-23-36(6-2)24-28-40)50-20-12-16-38-14-8-10-18-44(38)50/h9-10,21-36,39-44H,3-4,7-8,11-20,37-38H2,1-2,5-6H3;5-34H,1-2H2,3-4H3. The van der Waals surface area contributed by atoms with Crippen LogP contribution in [0.3, 0.4) is 0 Å². The lowest BCUT2D eigenvalue weighted by molar-refractivity contribution is 0.398. The quantitative estimate of drug-likeness (QED) is 0.0416. The highest BCUT2D eigenvalue weighted by atomic mass is 15.2. The third-order valence-corrected chi connectivity index (χ3v) is 24.0. The summed E-state index contributed by atoms with van der Waals surface area (Å²) in [5.74, 6) is 0. The van der Waals surface area contributed by atoms with Crippen molar-refractivity contribution in [2.45, 2.75) is 142 Å². The molecule has 0 fully saturated rings. The van der Waals surface area contributed by atoms with E-state index < -0.39 is 0 Å². The maximum absolute atomic E-state index is 4.13. The molecule has 0 heterocycles. The minimum atomic E-state index is -0.245. The van der Waals surface area contributed by atoms with Crippen molar-refractivity contribution < 1.29 is 0 Å². The highest BCUT2D eigenvalue weighted by Gasteiger charge is 2.44. The van der Waals surface area contributed by atoms with Crippen molar-refractivity contribution in [3.63, 3.8) is 0 Å². The van der Waals surface area contributed by atoms with Crippen molar-refractivity contribution in [1.82, 2.24) is 0 Å². The van der Waals surface area contributed by atoms with E-state index in [1.165, 1.54) is 177 Å². The van der Waals surface area contributed by atoms with Gasteiger partial charge in [-0.3, -0.25) is 0 Å². The van der Waals surface area contributed by atoms with Crippen LogP contribution < -0.4 is 19.6 Å². The number of benzene rings is 14. The first-order chi connectivity index (χ1) is 55.8. The van der Waals surface area contributed by atoms with Crippen LogP contribution in [0.4, 0.5) is 68.2 Å². The van der Waals surface area contributed by atoms with Crippen LogP contribution in [0.2, 0.25) is 0 Å². The number of unbranched alkanes of at least 4 members (excludes halogenated alkanes) is 10. The van der Waals surface area contributed by atoms with Crippen LogP contribution in [0.1, 0.15) is 173 Å². The molecule has 114 heavy (non-hydrogen) atoms. The van der Waals surface area contributed by atoms with Gasteiger partial charge in [0.25, 0.3) is 0 Å². The first-order valence-electron chi connectivity index (χ1n) is 41.6. The number of hydrogen-bond acceptors (Lipinski definition) is 4. The lowest BCUT2D eigenvalue weighted by Crippen LogP contribution is -2.26. The Labute approximate surface area is 679 Å². The number of fused-ring (bicyclic) bond motifs is 8. The van der Waals surface area contributed by atoms with Crippen LogP contribution in [-0.2, 0) is 10.8 Å². The maximum Gasteiger partial charge on any atom is 0.0540 e. The molecule has 0 radical (unpaired) electrons. The zero-order chi connectivity index (χ0) is 78.7. The average molecular weight is 1490 g/mol. The van der Waals surface area contributed by atoms with Crippen molar-refractivity contribution in [2.75, 3.05) is 19.6 Å². The van der Waals surface area contributed by atoms with Crippen molar-refractivity contribution in [1.29, 1.82) is 0 Å². The summed E-state index contributed by atoms with van der Waals surface area (Å²) in [5, 5.41) is 4.86. The number of hydrogen-bond donors (Lipinski definition) is 0. The van der Waals surface area contributed by atoms with Gasteiger partial charge in [-0.15, -0.1) is 0 Å². The fourth-order valence-electron chi connectivity index (χ4n) is 18.0. The van der Waals surface area contributed by atoms with Gasteiger partial charge in [-0.25, -0.2) is 0 Å². The molecule has 0 atom stereocenters. The Hall–Kier alpha value is -12.2. The third kappa shape index (κ3) is 15.9. The smallest absolute Gasteiger partial charge is 0.0540 e. The second kappa shape index (κ2) is 34.8. The Balaban J connectivity index is 0.000000181. The summed E-state index contributed by atoms with van der Waals surface area (Å²) >= 11 is 0. The molecule has 16 rings (SSSR count). The zero-order valence-electron chi connectivity index (χ0n) is 67.7. The van der Waals surface area contributed by atoms with Crippen LogP contribution in [0, 0.1) is 13.8 Å². The predicted octanol–water partition coefficient (Wildman–Crippen LogP) is 32.8. The molecule has 0 aliphatic heterocycles. The van der Waals surface area contributed by atoms with E-state index in [0.717, 1.165) is 80.6 Å². The van der Waals surface area contributed by atoms with E-state index in [-0.39, 0.29) is 10.8 Å². The van der Waals surface area contributed by atoms with E-state index in [0.29, 0.717) is 0 Å². The lowest BCUT2D eigenvalue weighted by atomic mass is 9.70. The molecule has 14 aromatic rings. The molecular formula is C110H108N4. The summed E-state index contributed by atoms with van der Waals surface area (Å²) in [6, 6.07) is 112. The third-order valence-electron chi connectivity index (χ3n) is 24.0. The molecule has 0 aromatic heterocycles. The van der Waals surface area contributed by atoms with E-state index in [4.69, 9.17) is 0 Å². The SMILES string of the molecule is C=Cc1ccc(N(c2ccc3c(c2)C(C)(C)c2cc(N(c4ccc(C=C)cc4)c4cccc5ccccc45)ccc2-3)c2cccc3ccccc23)cc1.C=Cc1cccc(N(c2cccc(C)c2)c2ccc3c(c2)C(CCCCCCCC)(CCCCCCCC)c2cc(N(c4cccc(C)c4)c4cccc(C=C)c4)ccc2-3)c1. The summed E-state index contributed by atoms with van der Waals surface area (Å²) in [6.07, 6.45) is 25.4. The van der Waals surface area contributed by atoms with E-state index in [2.05, 4.69) is 391 Å². The van der Waals surface area contributed by atoms with Gasteiger partial charge < -0.3 is 19.6 Å². The summed E-state index contributed by atoms with van der Waals surface area (Å²) < 4.78 is 0. The monoisotopic (exact) mass is 1480 g/mol. The number of nitrogens with zero attached hydrogens (tertiary/aromatic N) is 4. The maximum atomic E-state index is 4.13. The van der Waals surface area contributed by atoms with E-state index in [9.17, 15) is 0 Å². The number of rotatable bonds is 30. The van der Waals surface area contributed by atoms with Gasteiger partial charge in [0.05, 0.1) is 11.4 Å². The molecular weight excluding hydrogens is 1380 g/mol. The summed E-state index contributed by atoms with van der Waals surface area (Å²) in [6.45, 7) is 30.0. The summed E-state index contributed by atoms with van der Waals surface area (Å²) in [5.41, 5.74) is 31.4. The van der Waals surface area contributed by atoms with E-state index >= 15 is 0 Å². The Morgan fingerprint density at radius 3 is 0.956 bits per heavy atom. The minimum absolute atomic E-state index is 0.116. The molecule has 2 aliphatic carbocycles. The molecule has 0 N–H and O–H groups in total. The number of aryl methyl sites for hydroxylation is 2. The van der Waals surface area contributed by atoms with Crippen LogP contribution in [0.15, 0.2) is 330 Å². The van der Waals surface area contributed by atoms with Crippen LogP contribution in [0.25, 0.3) is 68.1 Å². The summed E-state index contributed by atoms with van der Waals surface area (Å²) in [7, 11) is 0. The molecule has 0 saturated carbocycles. The number of anilines is 12. The largest absolute Gasteiger partial charge is 0.310 e. The van der Waals surface area contributed by atoms with Crippen molar-refractivity contribution in [3.05, 3.63) is 385 Å². The van der Waals surface area contributed by atoms with Gasteiger partial charge in [-0.2, -0.15) is 0 Å². The summed E-state index contributed by atoms with van der Waals surface area (Å²) in [4.78, 5) is 9.71. The molecule has 0 spiro atoms. The molecule has 4 nitrogen and oxygen atoms in total. The van der Waals surface area contributed by atoms with Crippen LogP contribution >= 0.6 is 0 Å². The molecule has 4 heteroatoms. The van der Waals surface area contributed by atoms with Gasteiger partial charge in [-0.1, -0.05) is 325 Å². The van der Waals surface area contributed by atoms with Crippen molar-refractivity contribution >= 4 is 114 Å². The van der Waals surface area contributed by atoms with E-state index in [1.54, 1.807) is 0 Å². The normalized spacial score (nSPS) is 12.5. The molecule has 2 aliphatic rings.